The molecule has 19 atom stereocenters. The van der Waals surface area contributed by atoms with Crippen molar-refractivity contribution in [3.63, 3.8) is 0 Å². The number of hydrogen-bond acceptors (Lipinski definition) is 25. The molecule has 3 aromatic rings. The maximum absolute atomic E-state index is 15.1. The first-order valence-corrected chi connectivity index (χ1v) is 44.8. The van der Waals surface area contributed by atoms with E-state index < -0.39 is 207 Å². The molecule has 0 aliphatic carbocycles. The lowest BCUT2D eigenvalue weighted by molar-refractivity contribution is -0.376. The van der Waals surface area contributed by atoms with Gasteiger partial charge < -0.3 is 76.4 Å². The Balaban J connectivity index is 1.29. The van der Waals surface area contributed by atoms with Crippen LogP contribution >= 0.6 is 0 Å². The lowest BCUT2D eigenvalue weighted by Crippen LogP contribution is -2.66. The van der Waals surface area contributed by atoms with Crippen molar-refractivity contribution in [2.75, 3.05) is 33.5 Å². The minimum atomic E-state index is -2.40. The van der Waals surface area contributed by atoms with E-state index in [0.29, 0.717) is 12.8 Å². The number of carbonyl (C=O) groups is 10. The largest absolute Gasteiger partial charge is 0.465 e. The number of methoxy groups -OCH3 is 1. The highest BCUT2D eigenvalue weighted by Crippen LogP contribution is 2.46. The van der Waals surface area contributed by atoms with Crippen molar-refractivity contribution >= 4 is 59.6 Å². The third-order valence-corrected chi connectivity index (χ3v) is 23.6. The van der Waals surface area contributed by atoms with Crippen LogP contribution in [-0.4, -0.2) is 179 Å². The Bertz CT molecular complexity index is 3550. The highest BCUT2D eigenvalue weighted by molar-refractivity contribution is 5.90. The van der Waals surface area contributed by atoms with E-state index in [9.17, 15) is 38.4 Å². The molecule has 0 aromatic heterocycles. The number of fused-ring (bicyclic) bond motifs is 2. The van der Waals surface area contributed by atoms with E-state index >= 15 is 9.59 Å². The molecule has 4 aliphatic rings. The van der Waals surface area contributed by atoms with Crippen molar-refractivity contribution in [3.05, 3.63) is 108 Å². The minimum Gasteiger partial charge on any atom is -0.465 e. The van der Waals surface area contributed by atoms with Gasteiger partial charge in [-0.2, -0.15) is 0 Å². The molecule has 120 heavy (non-hydrogen) atoms. The molecule has 0 radical (unpaired) electrons. The fraction of sp³-hybridized carbons (Fsp3) is 0.702. The van der Waals surface area contributed by atoms with Crippen molar-refractivity contribution in [2.45, 2.75) is 360 Å². The van der Waals surface area contributed by atoms with Gasteiger partial charge in [-0.3, -0.25) is 28.8 Å². The number of benzene rings is 3. The summed E-state index contributed by atoms with van der Waals surface area (Å²) in [6.07, 6.45) is 11.5. The van der Waals surface area contributed by atoms with Crippen LogP contribution in [0.5, 0.6) is 0 Å². The van der Waals surface area contributed by atoms with Crippen LogP contribution < -0.4 is 5.32 Å². The van der Waals surface area contributed by atoms with Crippen LogP contribution in [0.3, 0.4) is 0 Å². The Hall–Kier alpha value is -7.88. The zero-order valence-electron chi connectivity index (χ0n) is 73.2. The summed E-state index contributed by atoms with van der Waals surface area (Å²) in [5, 5.41) is 3.12. The van der Waals surface area contributed by atoms with Crippen LogP contribution in [0.4, 0.5) is 0 Å². The number of carbonyl (C=O) groups excluding carboxylic acids is 10. The Morgan fingerprint density at radius 3 is 1.52 bits per heavy atom. The number of unbranched alkanes of at least 4 members (excludes halogenated alkanes) is 25. The zero-order chi connectivity index (χ0) is 86.8. The molecule has 670 valence electrons. The molecule has 4 saturated heterocycles. The minimum absolute atomic E-state index is 0.0600. The average Bonchev–Trinajstić information content (AvgIpc) is 0.759. The molecular formula is C94H139NO25. The summed E-state index contributed by atoms with van der Waals surface area (Å²) < 4.78 is 97.0. The maximum Gasteiger partial charge on any atom is 0.366 e. The van der Waals surface area contributed by atoms with Gasteiger partial charge in [0.1, 0.15) is 50.3 Å². The van der Waals surface area contributed by atoms with Gasteiger partial charge in [-0.15, -0.1) is 0 Å². The SMILES string of the molecule is CCCCCCCCCCCCCCCCCC(=O)N[C@H]1CO[C@@H]2O[C@@H](COC(=O)CCC(=O)O[C@H](CCCCCCCCCCCCCC)[C@H]1OC(C)=O)[C@@H](O[C@@H]1OC(COC(=O)c3ccccc3)[C@H](C)[C@H](O[C@]3(C(=O)OC)CC(C)[C@@H](C)[C@H]([C@H](C)C(COC(C)=O)OC(C)=O)O3)C1OC(=O)c1ccccc1)C(C)C2OC(=O)c1ccccc1. The normalized spacial score (nSPS) is 26.5. The van der Waals surface area contributed by atoms with Crippen molar-refractivity contribution < 1.29 is 119 Å². The highest BCUT2D eigenvalue weighted by atomic mass is 16.8. The summed E-state index contributed by atoms with van der Waals surface area (Å²) >= 11 is 0. The molecule has 0 saturated carbocycles. The lowest BCUT2D eigenvalue weighted by atomic mass is 9.76. The van der Waals surface area contributed by atoms with E-state index in [0.717, 1.165) is 71.3 Å². The van der Waals surface area contributed by atoms with Crippen molar-refractivity contribution in [2.24, 2.45) is 29.6 Å². The third-order valence-electron chi connectivity index (χ3n) is 23.6. The van der Waals surface area contributed by atoms with E-state index in [2.05, 4.69) is 19.2 Å². The molecule has 7 rings (SSSR count). The molecule has 4 fully saturated rings. The molecule has 0 spiro atoms. The first-order chi connectivity index (χ1) is 57.9. The molecule has 6 unspecified atom stereocenters. The fourth-order valence-corrected chi connectivity index (χ4v) is 16.4. The summed E-state index contributed by atoms with van der Waals surface area (Å²) in [4.78, 5) is 141. The molecular weight excluding hydrogens is 1540 g/mol. The van der Waals surface area contributed by atoms with Gasteiger partial charge in [-0.1, -0.05) is 264 Å². The van der Waals surface area contributed by atoms with Gasteiger partial charge in [0.25, 0.3) is 5.79 Å². The van der Waals surface area contributed by atoms with E-state index in [-0.39, 0.29) is 42.6 Å². The summed E-state index contributed by atoms with van der Waals surface area (Å²) in [7, 11) is 1.14. The second-order valence-electron chi connectivity index (χ2n) is 33.3. The molecule has 26 heteroatoms. The van der Waals surface area contributed by atoms with E-state index in [1.807, 2.05) is 13.8 Å². The number of rotatable bonds is 48. The molecule has 3 aromatic carbocycles. The first kappa shape index (κ1) is 99.2. The van der Waals surface area contributed by atoms with E-state index in [1.54, 1.807) is 99.6 Å². The van der Waals surface area contributed by atoms with Gasteiger partial charge >= 0.3 is 53.7 Å². The highest BCUT2D eigenvalue weighted by Gasteiger charge is 2.60. The predicted molar refractivity (Wildman–Crippen MR) is 446 cm³/mol. The number of hydrogen-bond donors (Lipinski definition) is 1. The smallest absolute Gasteiger partial charge is 0.366 e. The first-order valence-electron chi connectivity index (χ1n) is 44.8. The summed E-state index contributed by atoms with van der Waals surface area (Å²) in [6, 6.07) is 23.0. The van der Waals surface area contributed by atoms with Gasteiger partial charge in [0, 0.05) is 51.4 Å². The van der Waals surface area contributed by atoms with Crippen molar-refractivity contribution in [1.82, 2.24) is 5.32 Å². The van der Waals surface area contributed by atoms with Crippen LogP contribution in [0.2, 0.25) is 0 Å². The zero-order valence-corrected chi connectivity index (χ0v) is 73.2. The summed E-state index contributed by atoms with van der Waals surface area (Å²) in [6.45, 7) is 14.8. The maximum atomic E-state index is 15.1. The van der Waals surface area contributed by atoms with Gasteiger partial charge in [-0.25, -0.2) is 19.2 Å². The van der Waals surface area contributed by atoms with Crippen molar-refractivity contribution in [1.29, 1.82) is 0 Å². The number of ether oxygens (including phenoxy) is 15. The topological polar surface area (TPSA) is 321 Å². The number of amides is 1. The van der Waals surface area contributed by atoms with Crippen LogP contribution in [0.1, 0.15) is 306 Å². The van der Waals surface area contributed by atoms with Crippen molar-refractivity contribution in [3.8, 4) is 0 Å². The lowest BCUT2D eigenvalue weighted by Gasteiger charge is -2.52. The molecule has 4 aliphatic heterocycles. The fourth-order valence-electron chi connectivity index (χ4n) is 16.4. The number of cyclic esters (lactones) is 2. The van der Waals surface area contributed by atoms with E-state index in [1.165, 1.54) is 129 Å². The number of nitrogens with one attached hydrogen (secondary N) is 1. The summed E-state index contributed by atoms with van der Waals surface area (Å²) in [5.41, 5.74) is 0.376. The molecule has 2 bridgehead atoms. The predicted octanol–water partition coefficient (Wildman–Crippen LogP) is 16.9. The second kappa shape index (κ2) is 53.9. The molecule has 1 N–H and O–H groups in total. The average molecular weight is 1680 g/mol. The monoisotopic (exact) mass is 1680 g/mol. The van der Waals surface area contributed by atoms with Gasteiger partial charge in [0.05, 0.1) is 61.5 Å². The summed E-state index contributed by atoms with van der Waals surface area (Å²) in [5.74, 6) is -14.0. The Kier molecular flexibility index (Phi) is 44.6. The third kappa shape index (κ3) is 33.1. The van der Waals surface area contributed by atoms with Crippen LogP contribution in [-0.2, 0) is 105 Å². The molecule has 26 nitrogen and oxygen atoms in total. The van der Waals surface area contributed by atoms with Gasteiger partial charge in [0.15, 0.2) is 30.9 Å². The van der Waals surface area contributed by atoms with Crippen LogP contribution in [0.25, 0.3) is 0 Å². The Morgan fingerprint density at radius 2 is 1.01 bits per heavy atom. The van der Waals surface area contributed by atoms with Crippen LogP contribution in [0.15, 0.2) is 91.0 Å². The van der Waals surface area contributed by atoms with Gasteiger partial charge in [0.2, 0.25) is 5.91 Å². The second-order valence-corrected chi connectivity index (χ2v) is 33.3. The van der Waals surface area contributed by atoms with Crippen LogP contribution in [0, 0.1) is 29.6 Å². The standard InChI is InChI=1S/C94H139NO25/c1-12-14-16-18-20-22-24-26-27-28-30-32-34-36-47-55-79(99)95-74-59-110-91-85(116-89(103)72-50-42-38-43-51-72)67(7)83(78(115-91)62-108-80(100)56-57-81(101)113-75(86(74)112-70(10)98)54-46-35-33-31-29-25-23-21-19-17-15-13-2)118-92-87(117-90(104)73-52-44-39-45-53-73)84(66(6)77(114-92)61-109-88(102)71-48-40-37-41-49-71)120-94(93(105)106-11)58-63(3)64(4)82(119-94)65(5)76(111-69(9)97)60-107-68(8)96/h37-45,48-53,63-67,74-78,82-87,91-92H,12-36,46-47,54-62H2,1-11H3,(H,95,99)/t63?,64-,65-,66+,67?,74+,75-,76?,77?,78+,82-,83+,84+,85?,86+,87?,91-,92+,94+/m1/s1. The number of esters is 9. The molecule has 1 amide bonds. The molecule has 4 heterocycles. The quantitative estimate of drug-likeness (QED) is 0.0312. The Morgan fingerprint density at radius 1 is 0.508 bits per heavy atom. The van der Waals surface area contributed by atoms with Gasteiger partial charge in [-0.05, 0) is 67.5 Å². The van der Waals surface area contributed by atoms with E-state index in [4.69, 9.17) is 71.1 Å². The Labute approximate surface area is 711 Å².